The second-order valence-corrected chi connectivity index (χ2v) is 8.51. The van der Waals surface area contributed by atoms with E-state index in [-0.39, 0.29) is 30.6 Å². The first-order valence-electron chi connectivity index (χ1n) is 8.95. The second kappa shape index (κ2) is 10.0. The summed E-state index contributed by atoms with van der Waals surface area (Å²) >= 11 is 0. The average Bonchev–Trinajstić information content (AvgIpc) is 2.70. The van der Waals surface area contributed by atoms with Gasteiger partial charge < -0.3 is 19.5 Å². The number of nitrogens with one attached hydrogen (secondary N) is 1. The van der Waals surface area contributed by atoms with Gasteiger partial charge in [0.2, 0.25) is 11.8 Å². The summed E-state index contributed by atoms with van der Waals surface area (Å²) in [4.78, 5) is 16.6. The van der Waals surface area contributed by atoms with E-state index in [1.54, 1.807) is 12.1 Å². The topological polar surface area (TPSA) is 110 Å². The molecule has 10 nitrogen and oxygen atoms in total. The van der Waals surface area contributed by atoms with Crippen LogP contribution < -0.4 is 14.8 Å². The van der Waals surface area contributed by atoms with Crippen molar-refractivity contribution >= 4 is 16.1 Å². The highest BCUT2D eigenvalue weighted by Gasteiger charge is 2.32. The molecule has 1 amide bonds. The van der Waals surface area contributed by atoms with E-state index in [0.717, 1.165) is 0 Å². The molecular formula is C17H28N4O6S. The molecule has 1 aliphatic rings. The van der Waals surface area contributed by atoms with Crippen molar-refractivity contribution in [1.82, 2.24) is 18.9 Å². The zero-order valence-corrected chi connectivity index (χ0v) is 17.5. The number of carbonyl (C=O) groups is 1. The van der Waals surface area contributed by atoms with Crippen LogP contribution in [0.15, 0.2) is 12.1 Å². The fourth-order valence-electron chi connectivity index (χ4n) is 2.91. The van der Waals surface area contributed by atoms with Crippen LogP contribution >= 0.6 is 0 Å². The average molecular weight is 417 g/mol. The normalized spacial score (nSPS) is 15.6. The van der Waals surface area contributed by atoms with Crippen molar-refractivity contribution in [3.63, 3.8) is 0 Å². The Bertz CT molecular complexity index is 765. The van der Waals surface area contributed by atoms with Gasteiger partial charge in [-0.25, -0.2) is 0 Å². The molecular weight excluding hydrogens is 388 g/mol. The number of amides is 1. The number of pyridine rings is 1. The van der Waals surface area contributed by atoms with Crippen LogP contribution in [0.4, 0.5) is 0 Å². The lowest BCUT2D eigenvalue weighted by atomic mass is 10.1. The molecule has 1 aliphatic heterocycles. The number of hydrogen-bond acceptors (Lipinski definition) is 7. The molecule has 0 unspecified atom stereocenters. The van der Waals surface area contributed by atoms with E-state index in [2.05, 4.69) is 10.3 Å². The van der Waals surface area contributed by atoms with E-state index >= 15 is 0 Å². The molecule has 0 bridgehead atoms. The highest BCUT2D eigenvalue weighted by molar-refractivity contribution is 7.86. The minimum absolute atomic E-state index is 0.138. The number of carbonyl (C=O) groups excluding carboxylic acids is 1. The maximum absolute atomic E-state index is 12.7. The minimum atomic E-state index is -3.62. The standard InChI is InChI=1S/C17H28N4O6S/c1-20(2)28(23,24)21(13-7-11-27-12-8-13)10-9-18-16(22)14-5-6-15(25-3)19-17(14)26-4/h5-6,13H,7-12H2,1-4H3,(H,18,22). The molecule has 0 aromatic carbocycles. The Kier molecular flexibility index (Phi) is 7.98. The molecule has 1 N–H and O–H groups in total. The summed E-state index contributed by atoms with van der Waals surface area (Å²) in [7, 11) is 2.25. The third-order valence-electron chi connectivity index (χ3n) is 4.46. The van der Waals surface area contributed by atoms with Crippen molar-refractivity contribution in [1.29, 1.82) is 0 Å². The first kappa shape index (κ1) is 22.3. The second-order valence-electron chi connectivity index (χ2n) is 6.41. The van der Waals surface area contributed by atoms with Crippen molar-refractivity contribution in [2.24, 2.45) is 0 Å². The van der Waals surface area contributed by atoms with Crippen molar-refractivity contribution in [3.8, 4) is 11.8 Å². The van der Waals surface area contributed by atoms with Crippen molar-refractivity contribution in [2.75, 3.05) is 54.6 Å². The molecule has 0 saturated carbocycles. The van der Waals surface area contributed by atoms with E-state index in [1.165, 1.54) is 36.9 Å². The summed E-state index contributed by atoms with van der Waals surface area (Å²) in [5.74, 6) is 0.0661. The fourth-order valence-corrected chi connectivity index (χ4v) is 4.24. The van der Waals surface area contributed by atoms with Crippen molar-refractivity contribution < 1.29 is 27.4 Å². The van der Waals surface area contributed by atoms with Crippen LogP contribution in [0.3, 0.4) is 0 Å². The summed E-state index contributed by atoms with van der Waals surface area (Å²) in [6.45, 7) is 1.34. The van der Waals surface area contributed by atoms with E-state index in [1.807, 2.05) is 0 Å². The Balaban J connectivity index is 2.06. The monoisotopic (exact) mass is 416 g/mol. The van der Waals surface area contributed by atoms with Gasteiger partial charge in [0.05, 0.1) is 14.2 Å². The van der Waals surface area contributed by atoms with Gasteiger partial charge in [-0.3, -0.25) is 4.79 Å². The van der Waals surface area contributed by atoms with Crippen LogP contribution in [0.5, 0.6) is 11.8 Å². The Morgan fingerprint density at radius 3 is 2.50 bits per heavy atom. The quantitative estimate of drug-likeness (QED) is 0.609. The van der Waals surface area contributed by atoms with Crippen LogP contribution in [0, 0.1) is 0 Å². The molecule has 158 valence electrons. The Morgan fingerprint density at radius 1 is 1.25 bits per heavy atom. The number of methoxy groups -OCH3 is 2. The molecule has 1 aromatic rings. The van der Waals surface area contributed by atoms with Crippen LogP contribution in [0.1, 0.15) is 23.2 Å². The lowest BCUT2D eigenvalue weighted by molar-refractivity contribution is 0.0571. The summed E-state index contributed by atoms with van der Waals surface area (Å²) in [6, 6.07) is 2.95. The third-order valence-corrected chi connectivity index (χ3v) is 6.45. The van der Waals surface area contributed by atoms with Gasteiger partial charge >= 0.3 is 0 Å². The number of hydrogen-bond donors (Lipinski definition) is 1. The van der Waals surface area contributed by atoms with Crippen molar-refractivity contribution in [3.05, 3.63) is 17.7 Å². The third kappa shape index (κ3) is 5.31. The van der Waals surface area contributed by atoms with Crippen LogP contribution in [0.25, 0.3) is 0 Å². The summed E-state index contributed by atoms with van der Waals surface area (Å²) in [6.07, 6.45) is 1.24. The van der Waals surface area contributed by atoms with Crippen LogP contribution in [0.2, 0.25) is 0 Å². The maximum Gasteiger partial charge on any atom is 0.281 e. The van der Waals surface area contributed by atoms with Gasteiger partial charge in [-0.15, -0.1) is 0 Å². The number of ether oxygens (including phenoxy) is 3. The molecule has 11 heteroatoms. The van der Waals surface area contributed by atoms with Gasteiger partial charge in [-0.05, 0) is 18.9 Å². The lowest BCUT2D eigenvalue weighted by Crippen LogP contribution is -2.50. The lowest BCUT2D eigenvalue weighted by Gasteiger charge is -2.34. The van der Waals surface area contributed by atoms with Crippen LogP contribution in [-0.4, -0.2) is 88.6 Å². The maximum atomic E-state index is 12.7. The molecule has 0 radical (unpaired) electrons. The highest BCUT2D eigenvalue weighted by atomic mass is 32.2. The van der Waals surface area contributed by atoms with Gasteiger partial charge in [0.1, 0.15) is 5.56 Å². The SMILES string of the molecule is COc1ccc(C(=O)NCCN(C2CCOCC2)S(=O)(=O)N(C)C)c(OC)n1. The van der Waals surface area contributed by atoms with Crippen molar-refractivity contribution in [2.45, 2.75) is 18.9 Å². The largest absolute Gasteiger partial charge is 0.481 e. The predicted molar refractivity (Wildman–Crippen MR) is 103 cm³/mol. The van der Waals surface area contributed by atoms with E-state index in [0.29, 0.717) is 31.9 Å². The van der Waals surface area contributed by atoms with Gasteiger partial charge in [0.15, 0.2) is 0 Å². The summed E-state index contributed by atoms with van der Waals surface area (Å²) in [5.41, 5.74) is 0.247. The zero-order chi connectivity index (χ0) is 20.7. The molecule has 28 heavy (non-hydrogen) atoms. The zero-order valence-electron chi connectivity index (χ0n) is 16.7. The first-order valence-corrected chi connectivity index (χ1v) is 10.3. The van der Waals surface area contributed by atoms with E-state index in [4.69, 9.17) is 14.2 Å². The van der Waals surface area contributed by atoms with Gasteiger partial charge in [0.25, 0.3) is 16.1 Å². The molecule has 0 atom stereocenters. The smallest absolute Gasteiger partial charge is 0.281 e. The molecule has 1 aromatic heterocycles. The predicted octanol–water partition coefficient (Wildman–Crippen LogP) is 0.116. The number of nitrogens with zero attached hydrogens (tertiary/aromatic N) is 3. The fraction of sp³-hybridized carbons (Fsp3) is 0.647. The summed E-state index contributed by atoms with van der Waals surface area (Å²) < 4.78 is 43.5. The highest BCUT2D eigenvalue weighted by Crippen LogP contribution is 2.20. The minimum Gasteiger partial charge on any atom is -0.481 e. The number of aromatic nitrogens is 1. The van der Waals surface area contributed by atoms with E-state index < -0.39 is 16.1 Å². The number of rotatable bonds is 9. The first-order chi connectivity index (χ1) is 13.3. The van der Waals surface area contributed by atoms with Crippen LogP contribution in [-0.2, 0) is 14.9 Å². The van der Waals surface area contributed by atoms with E-state index in [9.17, 15) is 13.2 Å². The van der Waals surface area contributed by atoms with Gasteiger partial charge in [-0.1, -0.05) is 0 Å². The Hall–Kier alpha value is -1.95. The Labute approximate surface area is 165 Å². The van der Waals surface area contributed by atoms with Gasteiger partial charge in [-0.2, -0.15) is 22.0 Å². The van der Waals surface area contributed by atoms with Gasteiger partial charge in [0, 0.05) is 52.5 Å². The molecule has 0 spiro atoms. The molecule has 1 fully saturated rings. The molecule has 2 rings (SSSR count). The summed E-state index contributed by atoms with van der Waals surface area (Å²) in [5, 5.41) is 2.74. The molecule has 2 heterocycles. The molecule has 1 saturated heterocycles. The molecule has 0 aliphatic carbocycles. The Morgan fingerprint density at radius 2 is 1.93 bits per heavy atom.